The lowest BCUT2D eigenvalue weighted by atomic mass is 10.0. The first-order valence-electron chi connectivity index (χ1n) is 9.21. The summed E-state index contributed by atoms with van der Waals surface area (Å²) in [5.41, 5.74) is 0.282. The maximum atomic E-state index is 13.3. The van der Waals surface area contributed by atoms with Crippen molar-refractivity contribution in [1.82, 2.24) is 13.9 Å². The summed E-state index contributed by atoms with van der Waals surface area (Å²) in [5.74, 6) is -0.237. The standard InChI is InChI=1S/C17H23BrN6O4S/c1-3-21(4-2)29(26,27)22-10-11-23(24-16(18)17(19)28-20-24)14(12-22)15(25)13-8-6-5-7-9-13/h5-9,14,19H,3-4,10-12H2,1-2H3. The van der Waals surface area contributed by atoms with Crippen molar-refractivity contribution < 1.29 is 22.5 Å². The number of hydrogen-bond acceptors (Lipinski definition) is 6. The van der Waals surface area contributed by atoms with Gasteiger partial charge in [-0.2, -0.15) is 17.0 Å². The monoisotopic (exact) mass is 486 g/mol. The molecule has 1 fully saturated rings. The summed E-state index contributed by atoms with van der Waals surface area (Å²) in [5, 5.41) is 13.2. The highest BCUT2D eigenvalue weighted by atomic mass is 79.9. The highest BCUT2D eigenvalue weighted by Gasteiger charge is 2.40. The summed E-state index contributed by atoms with van der Waals surface area (Å²) in [6.45, 7) is 4.61. The lowest BCUT2D eigenvalue weighted by molar-refractivity contribution is -0.775. The van der Waals surface area contributed by atoms with Crippen molar-refractivity contribution in [2.75, 3.05) is 37.7 Å². The highest BCUT2D eigenvalue weighted by molar-refractivity contribution is 9.10. The molecule has 1 N–H and O–H groups in total. The van der Waals surface area contributed by atoms with Gasteiger partial charge in [0.25, 0.3) is 10.2 Å². The van der Waals surface area contributed by atoms with Crippen LogP contribution >= 0.6 is 15.9 Å². The summed E-state index contributed by atoms with van der Waals surface area (Å²) in [4.78, 5) is 14.6. The molecule has 0 radical (unpaired) electrons. The zero-order valence-corrected chi connectivity index (χ0v) is 18.6. The fourth-order valence-corrected chi connectivity index (χ4v) is 5.28. The van der Waals surface area contributed by atoms with Crippen LogP contribution in [0.5, 0.6) is 0 Å². The smallest absolute Gasteiger partial charge is 0.332 e. The Balaban J connectivity index is 1.99. The van der Waals surface area contributed by atoms with Gasteiger partial charge in [-0.3, -0.25) is 15.2 Å². The van der Waals surface area contributed by atoms with E-state index in [1.807, 2.05) is 6.07 Å². The van der Waals surface area contributed by atoms with Gasteiger partial charge in [-0.05, 0) is 5.27 Å². The maximum absolute atomic E-state index is 13.3. The number of nitrogens with one attached hydrogen (secondary N) is 1. The van der Waals surface area contributed by atoms with E-state index in [-0.39, 0.29) is 35.6 Å². The summed E-state index contributed by atoms with van der Waals surface area (Å²) in [6, 6.07) is 7.87. The average molecular weight is 487 g/mol. The number of carbonyl (C=O) groups excluding carboxylic acids is 1. The molecule has 29 heavy (non-hydrogen) atoms. The van der Waals surface area contributed by atoms with E-state index >= 15 is 0 Å². The van der Waals surface area contributed by atoms with Crippen molar-refractivity contribution in [1.29, 1.82) is 5.41 Å². The van der Waals surface area contributed by atoms with Gasteiger partial charge in [0.1, 0.15) is 0 Å². The molecule has 12 heteroatoms. The van der Waals surface area contributed by atoms with Crippen molar-refractivity contribution in [3.05, 3.63) is 46.1 Å². The molecule has 3 rings (SSSR count). The quantitative estimate of drug-likeness (QED) is 0.430. The van der Waals surface area contributed by atoms with Crippen LogP contribution in [0.3, 0.4) is 0 Å². The molecule has 1 aromatic carbocycles. The van der Waals surface area contributed by atoms with Crippen molar-refractivity contribution >= 4 is 31.9 Å². The van der Waals surface area contributed by atoms with E-state index in [0.29, 0.717) is 18.7 Å². The fraction of sp³-hybridized carbons (Fsp3) is 0.471. The number of benzene rings is 1. The minimum Gasteiger partial charge on any atom is -0.379 e. The first-order valence-corrected chi connectivity index (χ1v) is 11.4. The van der Waals surface area contributed by atoms with Crippen LogP contribution in [0.25, 0.3) is 0 Å². The summed E-state index contributed by atoms with van der Waals surface area (Å²) >= 11 is 3.24. The van der Waals surface area contributed by atoms with Crippen LogP contribution in [0.15, 0.2) is 39.5 Å². The van der Waals surface area contributed by atoms with E-state index in [1.165, 1.54) is 13.4 Å². The molecule has 158 valence electrons. The van der Waals surface area contributed by atoms with Crippen LogP contribution in [0.4, 0.5) is 0 Å². The number of Topliss-reactive ketones (excluding diaryl/α,β-unsaturated/α-hetero) is 1. The second kappa shape index (κ2) is 8.78. The SMILES string of the molecule is CCN(CC)S(=O)(=O)N1CCN([n+]2[n-]oc(=N)c2Br)C(C(=O)c2ccccc2)C1. The molecule has 0 amide bonds. The Morgan fingerprint density at radius 2 is 1.97 bits per heavy atom. The molecule has 0 spiro atoms. The molecule has 0 aliphatic carbocycles. The maximum Gasteiger partial charge on any atom is 0.332 e. The Bertz CT molecular complexity index is 1020. The van der Waals surface area contributed by atoms with E-state index < -0.39 is 16.3 Å². The number of nitrogens with zero attached hydrogens (tertiary/aromatic N) is 5. The molecule has 1 saturated heterocycles. The second-order valence-electron chi connectivity index (χ2n) is 6.44. The second-order valence-corrected chi connectivity index (χ2v) is 9.12. The number of carbonyl (C=O) groups is 1. The van der Waals surface area contributed by atoms with Gasteiger partial charge in [0.15, 0.2) is 5.78 Å². The molecule has 1 aliphatic rings. The number of hydrogen-bond donors (Lipinski definition) is 1. The number of aromatic nitrogens is 2. The van der Waals surface area contributed by atoms with E-state index in [0.717, 1.165) is 0 Å². The van der Waals surface area contributed by atoms with Gasteiger partial charge >= 0.3 is 10.2 Å². The number of halogens is 1. The molecular weight excluding hydrogens is 464 g/mol. The minimum absolute atomic E-state index is 0.0355. The number of piperazine rings is 1. The molecular formula is C17H23BrN6O4S. The van der Waals surface area contributed by atoms with E-state index in [1.54, 1.807) is 43.1 Å². The van der Waals surface area contributed by atoms with Gasteiger partial charge in [-0.1, -0.05) is 49.0 Å². The van der Waals surface area contributed by atoms with Crippen LogP contribution in [-0.4, -0.2) is 61.6 Å². The highest BCUT2D eigenvalue weighted by Crippen LogP contribution is 2.18. The van der Waals surface area contributed by atoms with Gasteiger partial charge in [0.05, 0.1) is 6.04 Å². The summed E-state index contributed by atoms with van der Waals surface area (Å²) < 4.78 is 33.9. The third-order valence-electron chi connectivity index (χ3n) is 4.85. The van der Waals surface area contributed by atoms with Crippen molar-refractivity contribution in [3.63, 3.8) is 0 Å². The normalized spacial score (nSPS) is 18.3. The van der Waals surface area contributed by atoms with Crippen LogP contribution in [-0.2, 0) is 10.2 Å². The molecule has 1 aromatic heterocycles. The van der Waals surface area contributed by atoms with Crippen LogP contribution in [0.1, 0.15) is 24.2 Å². The van der Waals surface area contributed by atoms with Crippen molar-refractivity contribution in [3.8, 4) is 0 Å². The van der Waals surface area contributed by atoms with Gasteiger partial charge in [0, 0.05) is 54.2 Å². The van der Waals surface area contributed by atoms with Crippen LogP contribution < -0.4 is 20.6 Å². The first kappa shape index (κ1) is 21.7. The molecule has 2 aromatic rings. The van der Waals surface area contributed by atoms with Crippen LogP contribution in [0.2, 0.25) is 0 Å². The largest absolute Gasteiger partial charge is 0.379 e. The van der Waals surface area contributed by atoms with Crippen molar-refractivity contribution in [2.24, 2.45) is 0 Å². The molecule has 0 saturated carbocycles. The van der Waals surface area contributed by atoms with Gasteiger partial charge < -0.3 is 4.52 Å². The molecule has 1 unspecified atom stereocenters. The summed E-state index contributed by atoms with van der Waals surface area (Å²) in [6.07, 6.45) is 0. The Labute approximate surface area is 177 Å². The van der Waals surface area contributed by atoms with Crippen molar-refractivity contribution in [2.45, 2.75) is 19.9 Å². The predicted octanol–water partition coefficient (Wildman–Crippen LogP) is -0.142. The Morgan fingerprint density at radius 1 is 1.31 bits per heavy atom. The number of ketones is 1. The fourth-order valence-electron chi connectivity index (χ4n) is 3.31. The average Bonchev–Trinajstić information content (AvgIpc) is 3.06. The zero-order chi connectivity index (χ0) is 21.2. The summed E-state index contributed by atoms with van der Waals surface area (Å²) in [7, 11) is -3.70. The van der Waals surface area contributed by atoms with E-state index in [9.17, 15) is 13.2 Å². The molecule has 10 nitrogen and oxygen atoms in total. The molecule has 2 heterocycles. The Hall–Kier alpha value is -2.02. The van der Waals surface area contributed by atoms with E-state index in [2.05, 4.69) is 21.2 Å². The minimum atomic E-state index is -3.70. The van der Waals surface area contributed by atoms with Gasteiger partial charge in [-0.15, -0.1) is 0 Å². The van der Waals surface area contributed by atoms with Gasteiger partial charge in [-0.25, -0.2) is 0 Å². The predicted molar refractivity (Wildman–Crippen MR) is 107 cm³/mol. The Kier molecular flexibility index (Phi) is 6.56. The Morgan fingerprint density at radius 3 is 2.52 bits per heavy atom. The third kappa shape index (κ3) is 4.15. The number of rotatable bonds is 7. The third-order valence-corrected chi connectivity index (χ3v) is 7.68. The van der Waals surface area contributed by atoms with Crippen LogP contribution in [0, 0.1) is 5.41 Å². The first-order chi connectivity index (χ1) is 13.8. The lowest BCUT2D eigenvalue weighted by Gasteiger charge is -2.41. The molecule has 1 atom stereocenters. The lowest BCUT2D eigenvalue weighted by Crippen LogP contribution is -2.74. The van der Waals surface area contributed by atoms with E-state index in [4.69, 9.17) is 9.93 Å². The molecule has 0 bridgehead atoms. The zero-order valence-electron chi connectivity index (χ0n) is 16.2. The van der Waals surface area contributed by atoms with Gasteiger partial charge in [0.2, 0.25) is 0 Å². The molecule has 1 aliphatic heterocycles. The topological polar surface area (TPSA) is 116 Å².